The van der Waals surface area contributed by atoms with E-state index >= 15 is 0 Å². The number of hydrogen-bond donors (Lipinski definition) is 1. The second-order valence-electron chi connectivity index (χ2n) is 5.91. The van der Waals surface area contributed by atoms with Crippen LogP contribution in [0.15, 0.2) is 18.2 Å². The number of benzene rings is 1. The van der Waals surface area contributed by atoms with E-state index in [1.807, 2.05) is 7.05 Å². The minimum absolute atomic E-state index is 0.337. The van der Waals surface area contributed by atoms with Crippen LogP contribution in [0.2, 0.25) is 5.02 Å². The van der Waals surface area contributed by atoms with Gasteiger partial charge >= 0.3 is 0 Å². The summed E-state index contributed by atoms with van der Waals surface area (Å²) in [5.41, 5.74) is 2.43. The van der Waals surface area contributed by atoms with Gasteiger partial charge in [0.05, 0.1) is 10.7 Å². The molecule has 0 bridgehead atoms. The van der Waals surface area contributed by atoms with Crippen LogP contribution >= 0.6 is 11.6 Å². The molecule has 2 rings (SSSR count). The first-order valence-electron chi connectivity index (χ1n) is 7.26. The third kappa shape index (κ3) is 3.24. The number of nitrogens with one attached hydrogen (secondary N) is 1. The number of halogens is 1. The minimum atomic E-state index is 0.337. The average molecular weight is 281 g/mol. The summed E-state index contributed by atoms with van der Waals surface area (Å²) in [4.78, 5) is 2.46. The summed E-state index contributed by atoms with van der Waals surface area (Å²) < 4.78 is 0. The molecule has 1 heterocycles. The van der Waals surface area contributed by atoms with Crippen molar-refractivity contribution >= 4 is 17.3 Å². The Hall–Kier alpha value is -0.730. The number of rotatable bonds is 3. The molecule has 1 N–H and O–H groups in total. The smallest absolute Gasteiger partial charge is 0.0642 e. The second kappa shape index (κ2) is 6.15. The predicted octanol–water partition coefficient (Wildman–Crippen LogP) is 4.25. The van der Waals surface area contributed by atoms with Crippen molar-refractivity contribution in [3.8, 4) is 0 Å². The predicted molar refractivity (Wildman–Crippen MR) is 84.1 cm³/mol. The highest BCUT2D eigenvalue weighted by Gasteiger charge is 2.24. The number of hydrogen-bond acceptors (Lipinski definition) is 2. The van der Waals surface area contributed by atoms with Gasteiger partial charge in [0, 0.05) is 18.6 Å². The van der Waals surface area contributed by atoms with Crippen molar-refractivity contribution in [2.45, 2.75) is 45.7 Å². The van der Waals surface area contributed by atoms with E-state index < -0.39 is 0 Å². The van der Waals surface area contributed by atoms with Gasteiger partial charge in [-0.25, -0.2) is 0 Å². The Morgan fingerprint density at radius 2 is 2.05 bits per heavy atom. The van der Waals surface area contributed by atoms with Gasteiger partial charge in [0.15, 0.2) is 0 Å². The molecule has 106 valence electrons. The number of piperidine rings is 1. The largest absolute Gasteiger partial charge is 0.367 e. The van der Waals surface area contributed by atoms with E-state index in [2.05, 4.69) is 49.2 Å². The lowest BCUT2D eigenvalue weighted by atomic mass is 9.94. The van der Waals surface area contributed by atoms with Gasteiger partial charge in [-0.05, 0) is 57.4 Å². The molecule has 1 fully saturated rings. The Balaban J connectivity index is 2.25. The quantitative estimate of drug-likeness (QED) is 0.891. The Morgan fingerprint density at radius 3 is 2.68 bits per heavy atom. The van der Waals surface area contributed by atoms with Crippen LogP contribution in [-0.4, -0.2) is 19.6 Å². The van der Waals surface area contributed by atoms with Crippen LogP contribution in [0.4, 0.5) is 5.69 Å². The molecule has 1 aromatic rings. The lowest BCUT2D eigenvalue weighted by Crippen LogP contribution is -2.41. The molecule has 0 radical (unpaired) electrons. The molecule has 3 unspecified atom stereocenters. The summed E-state index contributed by atoms with van der Waals surface area (Å²) in [5.74, 6) is 0.753. The molecule has 0 amide bonds. The molecule has 1 aliphatic rings. The fourth-order valence-corrected chi connectivity index (χ4v) is 3.11. The molecule has 3 heteroatoms. The fourth-order valence-electron chi connectivity index (χ4n) is 2.82. The highest BCUT2D eigenvalue weighted by molar-refractivity contribution is 6.33. The van der Waals surface area contributed by atoms with Crippen molar-refractivity contribution in [1.82, 2.24) is 5.32 Å². The van der Waals surface area contributed by atoms with E-state index in [0.717, 1.165) is 17.5 Å². The van der Waals surface area contributed by atoms with E-state index in [-0.39, 0.29) is 0 Å². The van der Waals surface area contributed by atoms with Crippen molar-refractivity contribution < 1.29 is 0 Å². The lowest BCUT2D eigenvalue weighted by molar-refractivity contribution is 0.390. The van der Waals surface area contributed by atoms with Crippen LogP contribution in [0, 0.1) is 5.92 Å². The van der Waals surface area contributed by atoms with Crippen molar-refractivity contribution in [2.24, 2.45) is 5.92 Å². The maximum Gasteiger partial charge on any atom is 0.0642 e. The normalized spacial score (nSPS) is 25.4. The molecule has 1 saturated heterocycles. The van der Waals surface area contributed by atoms with Gasteiger partial charge in [-0.2, -0.15) is 0 Å². The highest BCUT2D eigenvalue weighted by atomic mass is 35.5. The summed E-state index contributed by atoms with van der Waals surface area (Å²) >= 11 is 6.51. The molecule has 3 atom stereocenters. The van der Waals surface area contributed by atoms with Gasteiger partial charge in [-0.3, -0.25) is 0 Å². The first kappa shape index (κ1) is 14.7. The van der Waals surface area contributed by atoms with Crippen LogP contribution in [0.5, 0.6) is 0 Å². The molecule has 2 nitrogen and oxygen atoms in total. The van der Waals surface area contributed by atoms with Crippen LogP contribution in [0.3, 0.4) is 0 Å². The Kier molecular flexibility index (Phi) is 4.75. The Bertz CT molecular complexity index is 433. The van der Waals surface area contributed by atoms with E-state index in [1.54, 1.807) is 0 Å². The third-order valence-corrected chi connectivity index (χ3v) is 4.63. The van der Waals surface area contributed by atoms with Crippen LogP contribution < -0.4 is 10.2 Å². The van der Waals surface area contributed by atoms with Crippen molar-refractivity contribution in [3.63, 3.8) is 0 Å². The molecular weight excluding hydrogens is 256 g/mol. The standard InChI is InChI=1S/C16H25ClN2/c1-11-5-6-12(2)19(10-11)16-8-7-14(9-15(16)17)13(3)18-4/h7-9,11-13,18H,5-6,10H2,1-4H3. The van der Waals surface area contributed by atoms with Gasteiger partial charge in [-0.1, -0.05) is 24.6 Å². The highest BCUT2D eigenvalue weighted by Crippen LogP contribution is 2.34. The summed E-state index contributed by atoms with van der Waals surface area (Å²) in [7, 11) is 1.97. The monoisotopic (exact) mass is 280 g/mol. The van der Waals surface area contributed by atoms with Crippen LogP contribution in [0.25, 0.3) is 0 Å². The second-order valence-corrected chi connectivity index (χ2v) is 6.31. The Morgan fingerprint density at radius 1 is 1.32 bits per heavy atom. The molecule has 0 saturated carbocycles. The summed E-state index contributed by atoms with van der Waals surface area (Å²) in [6, 6.07) is 7.39. The minimum Gasteiger partial charge on any atom is -0.367 e. The summed E-state index contributed by atoms with van der Waals surface area (Å²) in [6.45, 7) is 7.88. The van der Waals surface area contributed by atoms with Gasteiger partial charge in [0.2, 0.25) is 0 Å². The van der Waals surface area contributed by atoms with Crippen LogP contribution in [-0.2, 0) is 0 Å². The molecule has 1 aliphatic heterocycles. The topological polar surface area (TPSA) is 15.3 Å². The van der Waals surface area contributed by atoms with Gasteiger partial charge in [0.1, 0.15) is 0 Å². The maximum absolute atomic E-state index is 6.51. The zero-order chi connectivity index (χ0) is 14.0. The SMILES string of the molecule is CNC(C)c1ccc(N2CC(C)CCC2C)c(Cl)c1. The lowest BCUT2D eigenvalue weighted by Gasteiger charge is -2.39. The van der Waals surface area contributed by atoms with Crippen LogP contribution in [0.1, 0.15) is 45.2 Å². The maximum atomic E-state index is 6.51. The third-order valence-electron chi connectivity index (χ3n) is 4.33. The number of anilines is 1. The Labute approximate surface area is 122 Å². The molecule has 0 spiro atoms. The number of nitrogens with zero attached hydrogens (tertiary/aromatic N) is 1. The first-order chi connectivity index (χ1) is 9.02. The average Bonchev–Trinajstić information content (AvgIpc) is 2.41. The zero-order valence-electron chi connectivity index (χ0n) is 12.4. The van der Waals surface area contributed by atoms with Gasteiger partial charge in [0.25, 0.3) is 0 Å². The van der Waals surface area contributed by atoms with Crippen molar-refractivity contribution in [2.75, 3.05) is 18.5 Å². The van der Waals surface area contributed by atoms with E-state index in [1.165, 1.54) is 24.1 Å². The molecule has 0 aromatic heterocycles. The molecule has 19 heavy (non-hydrogen) atoms. The molecular formula is C16H25ClN2. The molecule has 0 aliphatic carbocycles. The molecule has 1 aromatic carbocycles. The van der Waals surface area contributed by atoms with E-state index in [9.17, 15) is 0 Å². The fraction of sp³-hybridized carbons (Fsp3) is 0.625. The summed E-state index contributed by atoms with van der Waals surface area (Å²) in [6.07, 6.45) is 2.58. The first-order valence-corrected chi connectivity index (χ1v) is 7.64. The van der Waals surface area contributed by atoms with Gasteiger partial charge < -0.3 is 10.2 Å². The summed E-state index contributed by atoms with van der Waals surface area (Å²) in [5, 5.41) is 4.13. The van der Waals surface area contributed by atoms with Crippen molar-refractivity contribution in [3.05, 3.63) is 28.8 Å². The zero-order valence-corrected chi connectivity index (χ0v) is 13.2. The van der Waals surface area contributed by atoms with E-state index in [4.69, 9.17) is 11.6 Å². The van der Waals surface area contributed by atoms with E-state index in [0.29, 0.717) is 12.1 Å². The van der Waals surface area contributed by atoms with Gasteiger partial charge in [-0.15, -0.1) is 0 Å². The van der Waals surface area contributed by atoms with Crippen molar-refractivity contribution in [1.29, 1.82) is 0 Å².